The zero-order valence-electron chi connectivity index (χ0n) is 23.1. The van der Waals surface area contributed by atoms with Gasteiger partial charge in [-0.1, -0.05) is 46.6 Å². The molecular weight excluding hydrogens is 549 g/mol. The molecule has 1 aromatic heterocycles. The highest BCUT2D eigenvalue weighted by atomic mass is 35.5. The Morgan fingerprint density at radius 3 is 2.48 bits per heavy atom. The second-order valence-corrected chi connectivity index (χ2v) is 11.9. The number of benzene rings is 2. The zero-order valence-corrected chi connectivity index (χ0v) is 24.6. The van der Waals surface area contributed by atoms with Crippen molar-refractivity contribution in [1.82, 2.24) is 15.0 Å². The lowest BCUT2D eigenvalue weighted by Gasteiger charge is -2.43. The van der Waals surface area contributed by atoms with Crippen molar-refractivity contribution in [2.45, 2.75) is 52.4 Å². The molecule has 2 aromatic carbocycles. The number of hydrogen-bond acceptors (Lipinski definition) is 5. The first kappa shape index (κ1) is 28.5. The van der Waals surface area contributed by atoms with Crippen LogP contribution in [0.4, 0.5) is 0 Å². The Labute approximate surface area is 245 Å². The first-order valence-corrected chi connectivity index (χ1v) is 14.7. The summed E-state index contributed by atoms with van der Waals surface area (Å²) in [6.07, 6.45) is 5.07. The highest BCUT2D eigenvalue weighted by Gasteiger charge is 2.42. The lowest BCUT2D eigenvalue weighted by Crippen LogP contribution is -2.51. The third-order valence-electron chi connectivity index (χ3n) is 8.06. The summed E-state index contributed by atoms with van der Waals surface area (Å²) >= 11 is 12.7. The maximum atomic E-state index is 14.1. The fourth-order valence-electron chi connectivity index (χ4n) is 5.83. The molecule has 40 heavy (non-hydrogen) atoms. The maximum absolute atomic E-state index is 14.1. The van der Waals surface area contributed by atoms with Crippen LogP contribution in [0.25, 0.3) is 11.3 Å². The molecular formula is C31H35Cl2N3O4. The van der Waals surface area contributed by atoms with E-state index in [0.29, 0.717) is 64.5 Å². The van der Waals surface area contributed by atoms with E-state index in [2.05, 4.69) is 5.16 Å². The first-order valence-electron chi connectivity index (χ1n) is 13.9. The quantitative estimate of drug-likeness (QED) is 0.300. The summed E-state index contributed by atoms with van der Waals surface area (Å²) in [5.41, 5.74) is 1.87. The Morgan fingerprint density at radius 1 is 0.975 bits per heavy atom. The van der Waals surface area contributed by atoms with Crippen LogP contribution in [0.1, 0.15) is 60.2 Å². The zero-order chi connectivity index (χ0) is 28.3. The molecule has 1 atom stereocenters. The molecule has 2 amide bonds. The number of hydrogen-bond donors (Lipinski definition) is 0. The standard InChI is InChI=1S/C31H35Cl2N3O4/c1-21-17-23(11-12-25(21)32)39-20-31(18-27(37)35-14-6-3-7-15-35)13-8-16-36(19-31)30(38)28-22(2)40-34-29(28)24-9-4-5-10-26(24)33/h4-5,9-12,17H,3,6-8,13-16,18-20H2,1-2H3. The molecule has 2 saturated heterocycles. The third-order valence-corrected chi connectivity index (χ3v) is 8.82. The van der Waals surface area contributed by atoms with Crippen LogP contribution in [0, 0.1) is 19.3 Å². The molecule has 2 aliphatic rings. The Kier molecular flexibility index (Phi) is 8.71. The lowest BCUT2D eigenvalue weighted by atomic mass is 9.77. The van der Waals surface area contributed by atoms with Crippen molar-refractivity contribution in [2.75, 3.05) is 32.8 Å². The van der Waals surface area contributed by atoms with Crippen molar-refractivity contribution in [1.29, 1.82) is 0 Å². The Morgan fingerprint density at radius 2 is 1.73 bits per heavy atom. The van der Waals surface area contributed by atoms with Crippen LogP contribution >= 0.6 is 23.2 Å². The first-order chi connectivity index (χ1) is 19.3. The van der Waals surface area contributed by atoms with E-state index in [9.17, 15) is 9.59 Å². The molecule has 0 aliphatic carbocycles. The van der Waals surface area contributed by atoms with Crippen LogP contribution in [-0.2, 0) is 4.79 Å². The summed E-state index contributed by atoms with van der Waals surface area (Å²) in [4.78, 5) is 31.4. The molecule has 5 rings (SSSR count). The Bertz CT molecular complexity index is 1380. The Balaban J connectivity index is 1.42. The number of likely N-dealkylation sites (tertiary alicyclic amines) is 2. The highest BCUT2D eigenvalue weighted by Crippen LogP contribution is 2.38. The van der Waals surface area contributed by atoms with Gasteiger partial charge in [0.2, 0.25) is 5.91 Å². The summed E-state index contributed by atoms with van der Waals surface area (Å²) < 4.78 is 11.8. The normalized spacial score (nSPS) is 19.5. The molecule has 212 valence electrons. The average molecular weight is 585 g/mol. The number of nitrogens with zero attached hydrogens (tertiary/aromatic N) is 3. The predicted octanol–water partition coefficient (Wildman–Crippen LogP) is 6.97. The van der Waals surface area contributed by atoms with Gasteiger partial charge in [-0.25, -0.2) is 0 Å². The molecule has 1 unspecified atom stereocenters. The van der Waals surface area contributed by atoms with Gasteiger partial charge in [-0.05, 0) is 75.8 Å². The van der Waals surface area contributed by atoms with Gasteiger partial charge in [0.05, 0.1) is 11.6 Å². The maximum Gasteiger partial charge on any atom is 0.259 e. The summed E-state index contributed by atoms with van der Waals surface area (Å²) in [7, 11) is 0. The second-order valence-electron chi connectivity index (χ2n) is 11.1. The molecule has 2 aliphatic heterocycles. The van der Waals surface area contributed by atoms with E-state index in [4.69, 9.17) is 32.5 Å². The SMILES string of the molecule is Cc1cc(OCC2(CC(=O)N3CCCCC3)CCCN(C(=O)c3c(-c4ccccc4Cl)noc3C)C2)ccc1Cl. The molecule has 3 heterocycles. The number of aromatic nitrogens is 1. The van der Waals surface area contributed by atoms with Gasteiger partial charge in [0.25, 0.3) is 5.91 Å². The summed E-state index contributed by atoms with van der Waals surface area (Å²) in [5, 5.41) is 5.37. The van der Waals surface area contributed by atoms with Crippen LogP contribution in [0.2, 0.25) is 10.0 Å². The second kappa shape index (κ2) is 12.2. The van der Waals surface area contributed by atoms with Gasteiger partial charge in [0.15, 0.2) is 0 Å². The van der Waals surface area contributed by atoms with Crippen LogP contribution in [0.3, 0.4) is 0 Å². The fraction of sp³-hybridized carbons (Fsp3) is 0.452. The summed E-state index contributed by atoms with van der Waals surface area (Å²) in [6.45, 7) is 6.53. The lowest BCUT2D eigenvalue weighted by molar-refractivity contribution is -0.136. The smallest absolute Gasteiger partial charge is 0.259 e. The van der Waals surface area contributed by atoms with Gasteiger partial charge in [0.1, 0.15) is 22.8 Å². The van der Waals surface area contributed by atoms with Crippen molar-refractivity contribution in [3.8, 4) is 17.0 Å². The third kappa shape index (κ3) is 6.16. The molecule has 0 bridgehead atoms. The number of amides is 2. The van der Waals surface area contributed by atoms with Gasteiger partial charge < -0.3 is 19.1 Å². The molecule has 2 fully saturated rings. The van der Waals surface area contributed by atoms with E-state index < -0.39 is 5.41 Å². The summed E-state index contributed by atoms with van der Waals surface area (Å²) in [6, 6.07) is 12.9. The molecule has 3 aromatic rings. The number of aryl methyl sites for hydroxylation is 2. The minimum Gasteiger partial charge on any atom is -0.493 e. The van der Waals surface area contributed by atoms with Gasteiger partial charge in [-0.3, -0.25) is 9.59 Å². The highest BCUT2D eigenvalue weighted by molar-refractivity contribution is 6.33. The van der Waals surface area contributed by atoms with Gasteiger partial charge in [-0.15, -0.1) is 0 Å². The van der Waals surface area contributed by atoms with Crippen LogP contribution in [-0.4, -0.2) is 59.6 Å². The van der Waals surface area contributed by atoms with Crippen molar-refractivity contribution < 1.29 is 18.8 Å². The molecule has 0 N–H and O–H groups in total. The minimum absolute atomic E-state index is 0.128. The number of carbonyl (C=O) groups excluding carboxylic acids is 2. The van der Waals surface area contributed by atoms with Gasteiger partial charge >= 0.3 is 0 Å². The summed E-state index contributed by atoms with van der Waals surface area (Å²) in [5.74, 6) is 1.09. The van der Waals surface area contributed by atoms with Gasteiger partial charge in [-0.2, -0.15) is 0 Å². The van der Waals surface area contributed by atoms with Crippen LogP contribution < -0.4 is 4.74 Å². The number of halogens is 2. The average Bonchev–Trinajstić information content (AvgIpc) is 3.35. The molecule has 9 heteroatoms. The molecule has 0 saturated carbocycles. The van der Waals surface area contributed by atoms with Gasteiger partial charge in [0, 0.05) is 48.6 Å². The number of rotatable bonds is 7. The Hall–Kier alpha value is -3.03. The van der Waals surface area contributed by atoms with E-state index in [0.717, 1.165) is 50.8 Å². The van der Waals surface area contributed by atoms with E-state index in [1.807, 2.05) is 53.1 Å². The predicted molar refractivity (Wildman–Crippen MR) is 156 cm³/mol. The molecule has 0 radical (unpaired) electrons. The monoisotopic (exact) mass is 583 g/mol. The molecule has 0 spiro atoms. The molecule has 7 nitrogen and oxygen atoms in total. The van der Waals surface area contributed by atoms with E-state index in [1.54, 1.807) is 13.0 Å². The number of ether oxygens (including phenoxy) is 1. The largest absolute Gasteiger partial charge is 0.493 e. The van der Waals surface area contributed by atoms with E-state index >= 15 is 0 Å². The van der Waals surface area contributed by atoms with E-state index in [1.165, 1.54) is 0 Å². The van der Waals surface area contributed by atoms with Crippen molar-refractivity contribution in [2.24, 2.45) is 5.41 Å². The number of carbonyl (C=O) groups is 2. The topological polar surface area (TPSA) is 75.9 Å². The van der Waals surface area contributed by atoms with Crippen molar-refractivity contribution in [3.63, 3.8) is 0 Å². The van der Waals surface area contributed by atoms with Crippen molar-refractivity contribution in [3.05, 3.63) is 69.4 Å². The number of piperidine rings is 2. The van der Waals surface area contributed by atoms with E-state index in [-0.39, 0.29) is 11.8 Å². The van der Waals surface area contributed by atoms with Crippen LogP contribution in [0.15, 0.2) is 47.0 Å². The minimum atomic E-state index is -0.536. The van der Waals surface area contributed by atoms with Crippen LogP contribution in [0.5, 0.6) is 5.75 Å². The van der Waals surface area contributed by atoms with Crippen molar-refractivity contribution >= 4 is 35.0 Å². The fourth-order valence-corrected chi connectivity index (χ4v) is 6.18.